The van der Waals surface area contributed by atoms with Gasteiger partial charge in [-0.25, -0.2) is 9.78 Å². The number of hydrogen-bond donors (Lipinski definition) is 3. The topological polar surface area (TPSA) is 123 Å². The Morgan fingerprint density at radius 3 is 2.78 bits per heavy atom. The first-order valence-corrected chi connectivity index (χ1v) is 8.51. The highest BCUT2D eigenvalue weighted by Crippen LogP contribution is 2.32. The molecule has 0 atom stereocenters. The Kier molecular flexibility index (Phi) is 4.15. The number of aromatic amines is 1. The highest BCUT2D eigenvalue weighted by molar-refractivity contribution is 6.00. The summed E-state index contributed by atoms with van der Waals surface area (Å²) in [6.07, 6.45) is 0.470. The Balaban J connectivity index is 1.59. The summed E-state index contributed by atoms with van der Waals surface area (Å²) in [7, 11) is 0. The normalized spacial score (nSPS) is 12.8. The van der Waals surface area contributed by atoms with Gasteiger partial charge in [0.05, 0.1) is 5.69 Å². The molecule has 0 bridgehead atoms. The van der Waals surface area contributed by atoms with Crippen molar-refractivity contribution >= 4 is 23.2 Å². The smallest absolute Gasteiger partial charge is 0.323 e. The van der Waals surface area contributed by atoms with Gasteiger partial charge in [0, 0.05) is 11.8 Å². The number of ether oxygens (including phenoxy) is 2. The molecule has 1 aromatic carbocycles. The zero-order valence-corrected chi connectivity index (χ0v) is 14.8. The lowest BCUT2D eigenvalue weighted by Gasteiger charge is -2.19. The molecule has 10 nitrogen and oxygen atoms in total. The third kappa shape index (κ3) is 3.16. The van der Waals surface area contributed by atoms with Crippen molar-refractivity contribution < 1.29 is 14.3 Å². The zero-order chi connectivity index (χ0) is 19.0. The molecule has 140 valence electrons. The fraction of sp³-hybridized carbons (Fsp3) is 0.294. The molecule has 10 heteroatoms. The molecule has 3 N–H and O–H groups in total. The molecule has 2 amide bonds. The molecule has 4 rings (SSSR count). The van der Waals surface area contributed by atoms with Gasteiger partial charge >= 0.3 is 6.03 Å². The van der Waals surface area contributed by atoms with Crippen molar-refractivity contribution in [2.24, 2.45) is 0 Å². The van der Waals surface area contributed by atoms with Gasteiger partial charge in [-0.3, -0.25) is 9.89 Å². The fourth-order valence-corrected chi connectivity index (χ4v) is 2.84. The average molecular weight is 370 g/mol. The zero-order valence-electron chi connectivity index (χ0n) is 14.8. The van der Waals surface area contributed by atoms with E-state index in [-0.39, 0.29) is 11.5 Å². The number of fused-ring (bicyclic) bond motifs is 2. The van der Waals surface area contributed by atoms with Crippen molar-refractivity contribution in [2.45, 2.75) is 20.3 Å². The first-order valence-electron chi connectivity index (χ1n) is 8.51. The minimum absolute atomic E-state index is 0.105. The van der Waals surface area contributed by atoms with Crippen LogP contribution in [0.15, 0.2) is 23.0 Å². The number of rotatable bonds is 3. The minimum Gasteiger partial charge on any atom is -0.486 e. The third-order valence-corrected chi connectivity index (χ3v) is 4.06. The van der Waals surface area contributed by atoms with Gasteiger partial charge in [-0.1, -0.05) is 6.92 Å². The maximum absolute atomic E-state index is 12.7. The number of urea groups is 1. The van der Waals surface area contributed by atoms with Crippen molar-refractivity contribution in [3.63, 3.8) is 0 Å². The van der Waals surface area contributed by atoms with Gasteiger partial charge in [0.1, 0.15) is 24.7 Å². The van der Waals surface area contributed by atoms with Gasteiger partial charge in [-0.15, -0.1) is 0 Å². The summed E-state index contributed by atoms with van der Waals surface area (Å²) in [5.41, 5.74) is 0.661. The number of benzene rings is 1. The molecule has 0 aliphatic carbocycles. The third-order valence-electron chi connectivity index (χ3n) is 4.06. The molecule has 0 radical (unpaired) electrons. The second-order valence-electron chi connectivity index (χ2n) is 5.97. The van der Waals surface area contributed by atoms with Crippen molar-refractivity contribution in [3.8, 4) is 11.5 Å². The molecule has 1 aliphatic heterocycles. The van der Waals surface area contributed by atoms with Crippen LogP contribution >= 0.6 is 0 Å². The van der Waals surface area contributed by atoms with Crippen LogP contribution in [0.2, 0.25) is 0 Å². The highest BCUT2D eigenvalue weighted by Gasteiger charge is 2.17. The second-order valence-corrected chi connectivity index (χ2v) is 5.97. The van der Waals surface area contributed by atoms with Crippen LogP contribution in [0.4, 0.5) is 16.2 Å². The number of aryl methyl sites for hydroxylation is 2. The number of nitrogens with one attached hydrogen (secondary N) is 3. The standard InChI is InChI=1S/C17H18N6O4/c1-3-11-14(15(24)23-16(20-11)18-9(2)22-23)21-17(25)19-10-4-5-12-13(8-10)27-7-6-26-12/h4-5,8H,3,6-7H2,1-2H3,(H,18,20,22)(H2,19,21,25). The minimum atomic E-state index is -0.559. The first kappa shape index (κ1) is 16.9. The van der Waals surface area contributed by atoms with Crippen LogP contribution in [0.5, 0.6) is 11.5 Å². The van der Waals surface area contributed by atoms with Crippen molar-refractivity contribution in [3.05, 3.63) is 40.1 Å². The molecular weight excluding hydrogens is 352 g/mol. The number of H-pyrrole nitrogens is 1. The quantitative estimate of drug-likeness (QED) is 0.645. The number of carbonyl (C=O) groups is 1. The average Bonchev–Trinajstić information content (AvgIpc) is 3.04. The monoisotopic (exact) mass is 370 g/mol. The van der Waals surface area contributed by atoms with Crippen LogP contribution in [-0.4, -0.2) is 38.8 Å². The number of aromatic nitrogens is 4. The van der Waals surface area contributed by atoms with E-state index in [0.717, 1.165) is 0 Å². The Bertz CT molecular complexity index is 1090. The Labute approximate surface area is 153 Å². The first-order chi connectivity index (χ1) is 13.0. The molecule has 0 unspecified atom stereocenters. The predicted octanol–water partition coefficient (Wildman–Crippen LogP) is 1.70. The lowest BCUT2D eigenvalue weighted by molar-refractivity contribution is 0.171. The number of nitrogens with zero attached hydrogens (tertiary/aromatic N) is 3. The van der Waals surface area contributed by atoms with Crippen molar-refractivity contribution in [2.75, 3.05) is 23.8 Å². The van der Waals surface area contributed by atoms with E-state index in [2.05, 4.69) is 25.7 Å². The summed E-state index contributed by atoms with van der Waals surface area (Å²) in [6, 6.07) is 4.52. The van der Waals surface area contributed by atoms with Gasteiger partial charge < -0.3 is 20.1 Å². The maximum atomic E-state index is 12.7. The molecular formula is C17H18N6O4. The molecule has 2 aromatic heterocycles. The summed E-state index contributed by atoms with van der Waals surface area (Å²) >= 11 is 0. The number of carbonyl (C=O) groups excluding carboxylic acids is 1. The maximum Gasteiger partial charge on any atom is 0.323 e. The molecule has 0 fully saturated rings. The number of amides is 2. The molecule has 3 heterocycles. The Morgan fingerprint density at radius 1 is 1.22 bits per heavy atom. The lowest BCUT2D eigenvalue weighted by atomic mass is 10.2. The van der Waals surface area contributed by atoms with Crippen LogP contribution in [-0.2, 0) is 6.42 Å². The molecule has 1 aliphatic rings. The largest absolute Gasteiger partial charge is 0.486 e. The van der Waals surface area contributed by atoms with E-state index < -0.39 is 11.6 Å². The summed E-state index contributed by atoms with van der Waals surface area (Å²) in [4.78, 5) is 33.6. The van der Waals surface area contributed by atoms with E-state index in [1.165, 1.54) is 4.52 Å². The summed E-state index contributed by atoms with van der Waals surface area (Å²) in [5, 5.41) is 8.08. The van der Waals surface area contributed by atoms with Crippen molar-refractivity contribution in [1.29, 1.82) is 0 Å². The Hall–Kier alpha value is -3.56. The van der Waals surface area contributed by atoms with E-state index in [1.54, 1.807) is 25.1 Å². The van der Waals surface area contributed by atoms with Gasteiger partial charge in [-0.2, -0.15) is 9.50 Å². The van der Waals surface area contributed by atoms with Crippen LogP contribution in [0, 0.1) is 6.92 Å². The SMILES string of the molecule is CCc1nc2nc(C)[nH]n2c(=O)c1NC(=O)Nc1ccc2c(c1)OCCO2. The van der Waals surface area contributed by atoms with E-state index in [9.17, 15) is 9.59 Å². The van der Waals surface area contributed by atoms with Crippen LogP contribution < -0.4 is 25.7 Å². The van der Waals surface area contributed by atoms with Crippen molar-refractivity contribution in [1.82, 2.24) is 19.6 Å². The van der Waals surface area contributed by atoms with E-state index >= 15 is 0 Å². The van der Waals surface area contributed by atoms with Crippen LogP contribution in [0.25, 0.3) is 5.78 Å². The van der Waals surface area contributed by atoms with Crippen LogP contribution in [0.1, 0.15) is 18.4 Å². The van der Waals surface area contributed by atoms with E-state index in [0.29, 0.717) is 48.3 Å². The molecule has 27 heavy (non-hydrogen) atoms. The van der Waals surface area contributed by atoms with E-state index in [4.69, 9.17) is 9.47 Å². The predicted molar refractivity (Wildman–Crippen MR) is 97.8 cm³/mol. The number of hydrogen-bond acceptors (Lipinski definition) is 6. The van der Waals surface area contributed by atoms with Gasteiger partial charge in [-0.05, 0) is 25.5 Å². The van der Waals surface area contributed by atoms with E-state index in [1.807, 2.05) is 6.92 Å². The fourth-order valence-electron chi connectivity index (χ4n) is 2.84. The lowest BCUT2D eigenvalue weighted by Crippen LogP contribution is -2.28. The summed E-state index contributed by atoms with van der Waals surface area (Å²) in [6.45, 7) is 4.52. The Morgan fingerprint density at radius 2 is 2.00 bits per heavy atom. The second kappa shape index (κ2) is 6.63. The summed E-state index contributed by atoms with van der Waals surface area (Å²) in [5.74, 6) is 2.01. The van der Waals surface area contributed by atoms with Gasteiger partial charge in [0.2, 0.25) is 0 Å². The highest BCUT2D eigenvalue weighted by atomic mass is 16.6. The molecule has 0 spiro atoms. The molecule has 3 aromatic rings. The summed E-state index contributed by atoms with van der Waals surface area (Å²) < 4.78 is 12.2. The van der Waals surface area contributed by atoms with Gasteiger partial charge in [0.15, 0.2) is 11.5 Å². The molecule has 0 saturated carbocycles. The molecule has 0 saturated heterocycles. The van der Waals surface area contributed by atoms with Crippen LogP contribution in [0.3, 0.4) is 0 Å². The van der Waals surface area contributed by atoms with Gasteiger partial charge in [0.25, 0.3) is 11.3 Å². The number of anilines is 2.